The predicted molar refractivity (Wildman–Crippen MR) is 112 cm³/mol. The number of carbonyl (C=O) groups excluding carboxylic acids is 1. The molecule has 1 saturated heterocycles. The minimum absolute atomic E-state index is 0.240. The molecule has 0 bridgehead atoms. The number of fused-ring (bicyclic) bond motifs is 1. The quantitative estimate of drug-likeness (QED) is 0.757. The number of nitrogens with zero attached hydrogens (tertiary/aromatic N) is 2. The lowest BCUT2D eigenvalue weighted by Crippen LogP contribution is -2.45. The summed E-state index contributed by atoms with van der Waals surface area (Å²) in [7, 11) is 1.99. The van der Waals surface area contributed by atoms with Gasteiger partial charge in [-0.1, -0.05) is 43.5 Å². The number of amides is 1. The predicted octanol–water partition coefficient (Wildman–Crippen LogP) is 4.34. The second-order valence-electron chi connectivity index (χ2n) is 8.98. The van der Waals surface area contributed by atoms with Gasteiger partial charge in [-0.3, -0.25) is 9.69 Å². The van der Waals surface area contributed by atoms with Gasteiger partial charge in [0, 0.05) is 20.1 Å². The first-order valence-corrected chi connectivity index (χ1v) is 11.4. The standard InChI is InChI=1S/C24H36N2O2/c1-25(23-13-7-9-19-8-5-6-12-22(19)23)24(27)18-26-16-14-21(15-17-26)28-20-10-3-2-4-11-20/h5-6,8,12,20-21,23H,2-4,7,9-11,13-18H2,1H3. The highest BCUT2D eigenvalue weighted by molar-refractivity contribution is 5.78. The monoisotopic (exact) mass is 384 g/mol. The first-order chi connectivity index (χ1) is 13.7. The molecule has 2 fully saturated rings. The lowest BCUT2D eigenvalue weighted by Gasteiger charge is -2.37. The Morgan fingerprint density at radius 2 is 1.71 bits per heavy atom. The molecular formula is C24H36N2O2. The van der Waals surface area contributed by atoms with Crippen molar-refractivity contribution < 1.29 is 9.53 Å². The minimum atomic E-state index is 0.240. The third-order valence-electron chi connectivity index (χ3n) is 7.03. The lowest BCUT2D eigenvalue weighted by molar-refractivity contribution is -0.134. The third-order valence-corrected chi connectivity index (χ3v) is 7.03. The van der Waals surface area contributed by atoms with Gasteiger partial charge in [-0.05, 0) is 56.1 Å². The van der Waals surface area contributed by atoms with Crippen molar-refractivity contribution in [3.63, 3.8) is 0 Å². The van der Waals surface area contributed by atoms with E-state index in [4.69, 9.17) is 4.74 Å². The number of rotatable bonds is 5. The Morgan fingerprint density at radius 3 is 2.50 bits per heavy atom. The van der Waals surface area contributed by atoms with Crippen molar-refractivity contribution in [2.75, 3.05) is 26.7 Å². The fourth-order valence-electron chi connectivity index (χ4n) is 5.28. The van der Waals surface area contributed by atoms with Crippen LogP contribution in [0.25, 0.3) is 0 Å². The van der Waals surface area contributed by atoms with Crippen molar-refractivity contribution in [1.29, 1.82) is 0 Å². The molecule has 1 unspecified atom stereocenters. The van der Waals surface area contributed by atoms with Crippen LogP contribution in [0.2, 0.25) is 0 Å². The van der Waals surface area contributed by atoms with Crippen LogP contribution in [0, 0.1) is 0 Å². The molecule has 0 aromatic heterocycles. The summed E-state index contributed by atoms with van der Waals surface area (Å²) in [6.45, 7) is 2.52. The molecule has 1 amide bonds. The third kappa shape index (κ3) is 4.77. The van der Waals surface area contributed by atoms with E-state index in [1.807, 2.05) is 11.9 Å². The molecule has 4 heteroatoms. The summed E-state index contributed by atoms with van der Waals surface area (Å²) in [5.41, 5.74) is 2.77. The number of likely N-dealkylation sites (N-methyl/N-ethyl adjacent to an activating group) is 1. The van der Waals surface area contributed by atoms with Crippen LogP contribution < -0.4 is 0 Å². The van der Waals surface area contributed by atoms with Gasteiger partial charge in [0.25, 0.3) is 0 Å². The van der Waals surface area contributed by atoms with Crippen LogP contribution in [-0.2, 0) is 16.0 Å². The maximum absolute atomic E-state index is 13.0. The Morgan fingerprint density at radius 1 is 1.00 bits per heavy atom. The van der Waals surface area contributed by atoms with Gasteiger partial charge in [0.2, 0.25) is 5.91 Å². The number of carbonyl (C=O) groups is 1. The van der Waals surface area contributed by atoms with Crippen LogP contribution in [-0.4, -0.2) is 54.6 Å². The lowest BCUT2D eigenvalue weighted by atomic mass is 9.87. The van der Waals surface area contributed by atoms with Crippen LogP contribution in [0.5, 0.6) is 0 Å². The molecule has 1 aromatic rings. The number of hydrogen-bond donors (Lipinski definition) is 0. The van der Waals surface area contributed by atoms with Gasteiger partial charge < -0.3 is 9.64 Å². The SMILES string of the molecule is CN(C(=O)CN1CCC(OC2CCCCC2)CC1)C1CCCc2ccccc21. The number of ether oxygens (including phenoxy) is 1. The molecule has 1 heterocycles. The van der Waals surface area contributed by atoms with Gasteiger partial charge in [-0.25, -0.2) is 0 Å². The fraction of sp³-hybridized carbons (Fsp3) is 0.708. The van der Waals surface area contributed by atoms with Crippen LogP contribution in [0.1, 0.15) is 75.0 Å². The van der Waals surface area contributed by atoms with Crippen molar-refractivity contribution in [3.05, 3.63) is 35.4 Å². The molecule has 0 N–H and O–H groups in total. The Balaban J connectivity index is 1.25. The van der Waals surface area contributed by atoms with E-state index in [1.54, 1.807) is 0 Å². The van der Waals surface area contributed by atoms with E-state index >= 15 is 0 Å². The van der Waals surface area contributed by atoms with Crippen molar-refractivity contribution in [3.8, 4) is 0 Å². The molecule has 3 aliphatic rings. The van der Waals surface area contributed by atoms with Gasteiger partial charge in [-0.2, -0.15) is 0 Å². The van der Waals surface area contributed by atoms with E-state index in [2.05, 4.69) is 29.2 Å². The molecular weight excluding hydrogens is 348 g/mol. The topological polar surface area (TPSA) is 32.8 Å². The van der Waals surface area contributed by atoms with Crippen LogP contribution in [0.3, 0.4) is 0 Å². The van der Waals surface area contributed by atoms with Gasteiger partial charge in [0.1, 0.15) is 0 Å². The Labute approximate surface area is 170 Å². The van der Waals surface area contributed by atoms with Gasteiger partial charge in [0.05, 0.1) is 24.8 Å². The average Bonchev–Trinajstić information content (AvgIpc) is 2.75. The van der Waals surface area contributed by atoms with Crippen LogP contribution >= 0.6 is 0 Å². The zero-order valence-electron chi connectivity index (χ0n) is 17.4. The molecule has 1 aliphatic heterocycles. The number of likely N-dealkylation sites (tertiary alicyclic amines) is 1. The zero-order chi connectivity index (χ0) is 19.3. The summed E-state index contributed by atoms with van der Waals surface area (Å²) in [4.78, 5) is 17.3. The maximum Gasteiger partial charge on any atom is 0.237 e. The maximum atomic E-state index is 13.0. The Bertz CT molecular complexity index is 648. The van der Waals surface area contributed by atoms with E-state index in [0.717, 1.165) is 38.8 Å². The molecule has 4 rings (SSSR count). The van der Waals surface area contributed by atoms with Crippen molar-refractivity contribution in [2.24, 2.45) is 0 Å². The van der Waals surface area contributed by atoms with Crippen LogP contribution in [0.4, 0.5) is 0 Å². The van der Waals surface area contributed by atoms with Crippen molar-refractivity contribution in [2.45, 2.75) is 82.5 Å². The minimum Gasteiger partial charge on any atom is -0.375 e. The summed E-state index contributed by atoms with van der Waals surface area (Å²) in [6, 6.07) is 8.88. The molecule has 1 atom stereocenters. The normalized spacial score (nSPS) is 24.7. The first-order valence-electron chi connectivity index (χ1n) is 11.4. The summed E-state index contributed by atoms with van der Waals surface area (Å²) in [6.07, 6.45) is 12.9. The van der Waals surface area contributed by atoms with Gasteiger partial charge in [-0.15, -0.1) is 0 Å². The molecule has 28 heavy (non-hydrogen) atoms. The summed E-state index contributed by atoms with van der Waals surface area (Å²) in [5.74, 6) is 0.258. The Hall–Kier alpha value is -1.39. The number of aryl methyl sites for hydroxylation is 1. The van der Waals surface area contributed by atoms with E-state index in [1.165, 1.54) is 49.7 Å². The van der Waals surface area contributed by atoms with Crippen molar-refractivity contribution >= 4 is 5.91 Å². The smallest absolute Gasteiger partial charge is 0.237 e. The molecule has 1 aromatic carbocycles. The highest BCUT2D eigenvalue weighted by Crippen LogP contribution is 2.33. The average molecular weight is 385 g/mol. The number of hydrogen-bond acceptors (Lipinski definition) is 3. The van der Waals surface area contributed by atoms with Gasteiger partial charge >= 0.3 is 0 Å². The molecule has 1 saturated carbocycles. The largest absolute Gasteiger partial charge is 0.375 e. The second kappa shape index (κ2) is 9.41. The zero-order valence-corrected chi connectivity index (χ0v) is 17.4. The number of piperidine rings is 1. The summed E-state index contributed by atoms with van der Waals surface area (Å²) < 4.78 is 6.35. The molecule has 2 aliphatic carbocycles. The van der Waals surface area contributed by atoms with E-state index in [0.29, 0.717) is 18.8 Å². The molecule has 0 spiro atoms. The highest BCUT2D eigenvalue weighted by Gasteiger charge is 2.29. The van der Waals surface area contributed by atoms with Crippen molar-refractivity contribution in [1.82, 2.24) is 9.80 Å². The first kappa shape index (κ1) is 19.9. The molecule has 0 radical (unpaired) electrons. The van der Waals surface area contributed by atoms with Gasteiger partial charge in [0.15, 0.2) is 0 Å². The molecule has 154 valence electrons. The van der Waals surface area contributed by atoms with E-state index < -0.39 is 0 Å². The highest BCUT2D eigenvalue weighted by atomic mass is 16.5. The van der Waals surface area contributed by atoms with E-state index in [-0.39, 0.29) is 11.9 Å². The second-order valence-corrected chi connectivity index (χ2v) is 8.98. The molecule has 4 nitrogen and oxygen atoms in total. The summed E-state index contributed by atoms with van der Waals surface area (Å²) >= 11 is 0. The summed E-state index contributed by atoms with van der Waals surface area (Å²) in [5, 5.41) is 0. The number of benzene rings is 1. The Kier molecular flexibility index (Phi) is 6.69. The van der Waals surface area contributed by atoms with E-state index in [9.17, 15) is 4.79 Å². The fourth-order valence-corrected chi connectivity index (χ4v) is 5.28. The van der Waals surface area contributed by atoms with Crippen LogP contribution in [0.15, 0.2) is 24.3 Å².